The Kier molecular flexibility index (Phi) is 21.7. The average molecular weight is 606 g/mol. The molecule has 1 aromatic carbocycles. The van der Waals surface area contributed by atoms with Gasteiger partial charge in [-0.1, -0.05) is 129 Å². The number of benzene rings is 1. The zero-order valence-corrected chi connectivity index (χ0v) is 26.6. The number of hydrogen-bond donors (Lipinski definition) is 3. The van der Waals surface area contributed by atoms with Gasteiger partial charge in [0.2, 0.25) is 0 Å². The predicted molar refractivity (Wildman–Crippen MR) is 167 cm³/mol. The van der Waals surface area contributed by atoms with Crippen LogP contribution in [0.3, 0.4) is 0 Å². The van der Waals surface area contributed by atoms with Crippen molar-refractivity contribution in [3.05, 3.63) is 34.4 Å². The molecule has 9 nitrogen and oxygen atoms in total. The average Bonchev–Trinajstić information content (AvgIpc) is 3.01. The molecular formula is C34H55NO8. The second-order valence-electron chi connectivity index (χ2n) is 11.3. The van der Waals surface area contributed by atoms with Crippen LogP contribution in [0.15, 0.2) is 12.1 Å². The Hall–Kier alpha value is -2.94. The summed E-state index contributed by atoms with van der Waals surface area (Å²) < 4.78 is 10.8. The predicted octanol–water partition coefficient (Wildman–Crippen LogP) is 8.66. The Balaban J connectivity index is 2.66. The van der Waals surface area contributed by atoms with E-state index in [2.05, 4.69) is 13.8 Å². The molecular weight excluding hydrogens is 550 g/mol. The first-order valence-corrected chi connectivity index (χ1v) is 16.6. The van der Waals surface area contributed by atoms with E-state index in [4.69, 9.17) is 14.7 Å². The van der Waals surface area contributed by atoms with Crippen LogP contribution in [0.5, 0.6) is 0 Å². The highest BCUT2D eigenvalue weighted by atomic mass is 16.5. The highest BCUT2D eigenvalue weighted by Crippen LogP contribution is 2.21. The third-order valence-corrected chi connectivity index (χ3v) is 7.64. The summed E-state index contributed by atoms with van der Waals surface area (Å²) in [5, 5.41) is 18.7. The maximum Gasteiger partial charge on any atom is 0.339 e. The van der Waals surface area contributed by atoms with Crippen molar-refractivity contribution in [2.75, 3.05) is 13.2 Å². The highest BCUT2D eigenvalue weighted by Gasteiger charge is 2.27. The van der Waals surface area contributed by atoms with Gasteiger partial charge < -0.3 is 14.6 Å². The number of unbranched alkanes of at least 4 members (excludes halogenated alkanes) is 18. The number of carbonyl (C=O) groups excluding carboxylic acids is 3. The minimum Gasteiger partial charge on any atom is -0.478 e. The molecule has 0 aliphatic heterocycles. The summed E-state index contributed by atoms with van der Waals surface area (Å²) in [6.07, 6.45) is 22.5. The lowest BCUT2D eigenvalue weighted by Gasteiger charge is -2.13. The molecule has 0 heterocycles. The first-order chi connectivity index (χ1) is 20.9. The van der Waals surface area contributed by atoms with Gasteiger partial charge >= 0.3 is 17.9 Å². The standard InChI is InChI=1S/C34H55NO8/c1-3-5-7-9-11-13-15-17-19-21-23-42-33(39)29-25-27(31(36)35-41)28(32(37)38)26-30(29)34(40)43-24-22-20-18-16-14-12-10-8-6-4-2/h25-26,41H,3-24H2,1-2H3,(H,35,36)(H,37,38). The third-order valence-electron chi connectivity index (χ3n) is 7.64. The number of hydroxylamine groups is 1. The summed E-state index contributed by atoms with van der Waals surface area (Å²) in [5.74, 6) is -4.33. The van der Waals surface area contributed by atoms with Crippen LogP contribution < -0.4 is 5.48 Å². The van der Waals surface area contributed by atoms with Crippen LogP contribution in [0.1, 0.15) is 184 Å². The van der Waals surface area contributed by atoms with Crippen molar-refractivity contribution in [1.29, 1.82) is 0 Å². The SMILES string of the molecule is CCCCCCCCCCCCOC(=O)c1cc(C(=O)O)c(C(=O)NO)cc1C(=O)OCCCCCCCCCCCC. The molecule has 244 valence electrons. The molecule has 1 rings (SSSR count). The summed E-state index contributed by atoms with van der Waals surface area (Å²) in [6.45, 7) is 4.67. The Labute approximate surface area is 258 Å². The van der Waals surface area contributed by atoms with Gasteiger partial charge in [-0.25, -0.2) is 19.9 Å². The molecule has 0 fully saturated rings. The van der Waals surface area contributed by atoms with Gasteiger partial charge in [-0.2, -0.15) is 0 Å². The fourth-order valence-corrected chi connectivity index (χ4v) is 5.03. The number of amides is 1. The molecule has 0 bridgehead atoms. The third kappa shape index (κ3) is 16.5. The van der Waals surface area contributed by atoms with Gasteiger partial charge in [0.05, 0.1) is 35.5 Å². The molecule has 0 aliphatic carbocycles. The van der Waals surface area contributed by atoms with E-state index in [1.54, 1.807) is 0 Å². The van der Waals surface area contributed by atoms with E-state index in [1.165, 1.54) is 82.5 Å². The monoisotopic (exact) mass is 605 g/mol. The second-order valence-corrected chi connectivity index (χ2v) is 11.3. The highest BCUT2D eigenvalue weighted by molar-refractivity contribution is 6.10. The maximum absolute atomic E-state index is 13.0. The van der Waals surface area contributed by atoms with Crippen LogP contribution in [0.2, 0.25) is 0 Å². The first kappa shape index (κ1) is 38.1. The van der Waals surface area contributed by atoms with Crippen LogP contribution in [-0.2, 0) is 9.47 Å². The molecule has 0 atom stereocenters. The fourth-order valence-electron chi connectivity index (χ4n) is 5.03. The fraction of sp³-hybridized carbons (Fsp3) is 0.706. The van der Waals surface area contributed by atoms with E-state index in [1.807, 2.05) is 0 Å². The summed E-state index contributed by atoms with van der Waals surface area (Å²) in [6, 6.07) is 1.90. The number of carboxylic acid groups (broad SMARTS) is 1. The topological polar surface area (TPSA) is 139 Å². The van der Waals surface area contributed by atoms with Crippen molar-refractivity contribution in [2.45, 2.75) is 142 Å². The van der Waals surface area contributed by atoms with Crippen molar-refractivity contribution in [3.8, 4) is 0 Å². The molecule has 0 saturated carbocycles. The number of hydrogen-bond acceptors (Lipinski definition) is 7. The molecule has 43 heavy (non-hydrogen) atoms. The van der Waals surface area contributed by atoms with E-state index in [0.717, 1.165) is 50.7 Å². The quantitative estimate of drug-likeness (QED) is 0.0412. The van der Waals surface area contributed by atoms with E-state index >= 15 is 0 Å². The normalized spacial score (nSPS) is 10.9. The van der Waals surface area contributed by atoms with Crippen LogP contribution in [0, 0.1) is 0 Å². The van der Waals surface area contributed by atoms with Gasteiger partial charge in [0.15, 0.2) is 0 Å². The Morgan fingerprint density at radius 1 is 0.535 bits per heavy atom. The lowest BCUT2D eigenvalue weighted by molar-refractivity contribution is 0.0449. The van der Waals surface area contributed by atoms with E-state index in [9.17, 15) is 24.3 Å². The van der Waals surface area contributed by atoms with Gasteiger partial charge in [-0.05, 0) is 25.0 Å². The molecule has 0 saturated heterocycles. The Morgan fingerprint density at radius 2 is 0.860 bits per heavy atom. The number of ether oxygens (including phenoxy) is 2. The molecule has 0 aromatic heterocycles. The largest absolute Gasteiger partial charge is 0.478 e. The van der Waals surface area contributed by atoms with Gasteiger partial charge in [0.1, 0.15) is 0 Å². The number of carbonyl (C=O) groups is 4. The molecule has 3 N–H and O–H groups in total. The second kappa shape index (κ2) is 24.5. The van der Waals surface area contributed by atoms with Gasteiger partial charge in [-0.3, -0.25) is 10.0 Å². The van der Waals surface area contributed by atoms with Crippen molar-refractivity contribution in [1.82, 2.24) is 5.48 Å². The van der Waals surface area contributed by atoms with Crippen molar-refractivity contribution in [2.24, 2.45) is 0 Å². The first-order valence-electron chi connectivity index (χ1n) is 16.6. The molecule has 0 unspecified atom stereocenters. The minimum absolute atomic E-state index is 0.129. The molecule has 1 amide bonds. The van der Waals surface area contributed by atoms with Crippen molar-refractivity contribution >= 4 is 23.8 Å². The van der Waals surface area contributed by atoms with E-state index < -0.39 is 34.9 Å². The lowest BCUT2D eigenvalue weighted by atomic mass is 9.97. The van der Waals surface area contributed by atoms with Gasteiger partial charge in [0, 0.05) is 0 Å². The van der Waals surface area contributed by atoms with Crippen LogP contribution in [0.4, 0.5) is 0 Å². The summed E-state index contributed by atoms with van der Waals surface area (Å²) in [7, 11) is 0. The zero-order valence-electron chi connectivity index (χ0n) is 26.6. The molecule has 1 aromatic rings. The Morgan fingerprint density at radius 3 is 1.19 bits per heavy atom. The zero-order chi connectivity index (χ0) is 31.7. The van der Waals surface area contributed by atoms with Crippen molar-refractivity contribution < 1.29 is 39.0 Å². The van der Waals surface area contributed by atoms with E-state index in [0.29, 0.717) is 12.8 Å². The summed E-state index contributed by atoms with van der Waals surface area (Å²) >= 11 is 0. The summed E-state index contributed by atoms with van der Waals surface area (Å²) in [5.41, 5.74) is -0.177. The van der Waals surface area contributed by atoms with Crippen LogP contribution in [0.25, 0.3) is 0 Å². The van der Waals surface area contributed by atoms with Gasteiger partial charge in [-0.15, -0.1) is 0 Å². The summed E-state index contributed by atoms with van der Waals surface area (Å²) in [4.78, 5) is 49.9. The van der Waals surface area contributed by atoms with Crippen LogP contribution in [-0.4, -0.2) is 47.3 Å². The van der Waals surface area contributed by atoms with E-state index in [-0.39, 0.29) is 24.3 Å². The number of carboxylic acids is 1. The van der Waals surface area contributed by atoms with Gasteiger partial charge in [0.25, 0.3) is 5.91 Å². The van der Waals surface area contributed by atoms with Crippen molar-refractivity contribution in [3.63, 3.8) is 0 Å². The lowest BCUT2D eigenvalue weighted by Crippen LogP contribution is -2.24. The Bertz CT molecular complexity index is 962. The minimum atomic E-state index is -1.49. The maximum atomic E-state index is 13.0. The smallest absolute Gasteiger partial charge is 0.339 e. The number of rotatable bonds is 26. The molecule has 0 radical (unpaired) electrons. The molecule has 0 aliphatic rings. The number of esters is 2. The molecule has 9 heteroatoms. The van der Waals surface area contributed by atoms with Crippen LogP contribution >= 0.6 is 0 Å². The number of aromatic carboxylic acids is 1. The molecule has 0 spiro atoms. The number of nitrogens with one attached hydrogen (secondary N) is 1.